The zero-order valence-electron chi connectivity index (χ0n) is 6.56. The molecule has 0 saturated carbocycles. The summed E-state index contributed by atoms with van der Waals surface area (Å²) in [5.74, 6) is 0. The quantitative estimate of drug-likeness (QED) is 0.766. The number of aromatic amines is 1. The molecule has 0 fully saturated rings. The van der Waals surface area contributed by atoms with Crippen LogP contribution < -0.4 is 5.56 Å². The van der Waals surface area contributed by atoms with E-state index < -0.39 is 18.2 Å². The minimum atomic E-state index is -4.20. The van der Waals surface area contributed by atoms with Crippen LogP contribution in [0, 0.1) is 0 Å². The highest BCUT2D eigenvalue weighted by Crippen LogP contribution is 2.20. The fraction of sp³-hybridized carbons (Fsp3) is 0.429. The van der Waals surface area contributed by atoms with E-state index in [1.165, 1.54) is 0 Å². The number of nitrogens with zero attached hydrogens (tertiary/aromatic N) is 1. The van der Waals surface area contributed by atoms with Crippen molar-refractivity contribution in [2.75, 3.05) is 0 Å². The van der Waals surface area contributed by atoms with Gasteiger partial charge in [-0.15, -0.1) is 0 Å². The van der Waals surface area contributed by atoms with Crippen molar-refractivity contribution in [3.63, 3.8) is 0 Å². The summed E-state index contributed by atoms with van der Waals surface area (Å²) >= 11 is 0. The molecule has 0 aliphatic heterocycles. The molecule has 0 aromatic carbocycles. The fourth-order valence-electron chi connectivity index (χ4n) is 0.816. The standard InChI is InChI=1S/C7H7F3N2O/c8-7(9,10)2-1-5-3-6(13)12-4-11-5/h3-4H,1-2H2,(H,11,12,13). The molecule has 0 bridgehead atoms. The smallest absolute Gasteiger partial charge is 0.313 e. The van der Waals surface area contributed by atoms with E-state index in [1.807, 2.05) is 0 Å². The van der Waals surface area contributed by atoms with Crippen LogP contribution >= 0.6 is 0 Å². The number of aromatic nitrogens is 2. The molecule has 13 heavy (non-hydrogen) atoms. The predicted octanol–water partition coefficient (Wildman–Crippen LogP) is 1.26. The van der Waals surface area contributed by atoms with Gasteiger partial charge in [-0.25, -0.2) is 4.98 Å². The number of alkyl halides is 3. The van der Waals surface area contributed by atoms with E-state index >= 15 is 0 Å². The Morgan fingerprint density at radius 1 is 1.46 bits per heavy atom. The second-order valence-corrected chi connectivity index (χ2v) is 2.52. The largest absolute Gasteiger partial charge is 0.389 e. The van der Waals surface area contributed by atoms with Gasteiger partial charge in [0.1, 0.15) is 0 Å². The van der Waals surface area contributed by atoms with Crippen molar-refractivity contribution < 1.29 is 13.2 Å². The lowest BCUT2D eigenvalue weighted by atomic mass is 10.2. The SMILES string of the molecule is O=c1cc(CCC(F)(F)F)nc[nH]1. The van der Waals surface area contributed by atoms with Crippen molar-refractivity contribution in [1.82, 2.24) is 9.97 Å². The Hall–Kier alpha value is -1.33. The second kappa shape index (κ2) is 3.59. The highest BCUT2D eigenvalue weighted by atomic mass is 19.4. The van der Waals surface area contributed by atoms with Gasteiger partial charge < -0.3 is 4.98 Å². The first-order chi connectivity index (χ1) is 5.97. The Kier molecular flexibility index (Phi) is 2.69. The molecule has 1 N–H and O–H groups in total. The molecule has 1 rings (SSSR count). The molecule has 6 heteroatoms. The lowest BCUT2D eigenvalue weighted by molar-refractivity contribution is -0.134. The van der Waals surface area contributed by atoms with Crippen LogP contribution in [0.15, 0.2) is 17.2 Å². The summed E-state index contributed by atoms with van der Waals surface area (Å²) in [6, 6.07) is 1.06. The zero-order chi connectivity index (χ0) is 9.90. The maximum Gasteiger partial charge on any atom is 0.389 e. The fourth-order valence-corrected chi connectivity index (χ4v) is 0.816. The van der Waals surface area contributed by atoms with Gasteiger partial charge in [-0.1, -0.05) is 0 Å². The van der Waals surface area contributed by atoms with E-state index in [2.05, 4.69) is 9.97 Å². The number of aryl methyl sites for hydroxylation is 1. The van der Waals surface area contributed by atoms with Gasteiger partial charge in [0, 0.05) is 18.2 Å². The van der Waals surface area contributed by atoms with Gasteiger partial charge in [-0.2, -0.15) is 13.2 Å². The van der Waals surface area contributed by atoms with Crippen LogP contribution in [0.4, 0.5) is 13.2 Å². The molecule has 0 unspecified atom stereocenters. The molecule has 72 valence electrons. The maximum atomic E-state index is 11.7. The third kappa shape index (κ3) is 3.73. The van der Waals surface area contributed by atoms with Gasteiger partial charge in [-0.3, -0.25) is 4.79 Å². The van der Waals surface area contributed by atoms with Crippen LogP contribution in [0.3, 0.4) is 0 Å². The summed E-state index contributed by atoms with van der Waals surface area (Å²) in [6.45, 7) is 0. The van der Waals surface area contributed by atoms with Gasteiger partial charge in [0.2, 0.25) is 0 Å². The summed E-state index contributed by atoms with van der Waals surface area (Å²) in [7, 11) is 0. The van der Waals surface area contributed by atoms with Crippen LogP contribution in [0.25, 0.3) is 0 Å². The lowest BCUT2D eigenvalue weighted by Crippen LogP contribution is -2.12. The first-order valence-electron chi connectivity index (χ1n) is 3.58. The Balaban J connectivity index is 2.60. The third-order valence-corrected chi connectivity index (χ3v) is 1.40. The maximum absolute atomic E-state index is 11.7. The number of hydrogen-bond acceptors (Lipinski definition) is 2. The molecule has 0 aliphatic carbocycles. The van der Waals surface area contributed by atoms with Crippen molar-refractivity contribution in [3.05, 3.63) is 28.4 Å². The van der Waals surface area contributed by atoms with Crippen LogP contribution in [-0.4, -0.2) is 16.1 Å². The van der Waals surface area contributed by atoms with Gasteiger partial charge in [-0.05, 0) is 6.42 Å². The molecule has 0 spiro atoms. The third-order valence-electron chi connectivity index (χ3n) is 1.40. The monoisotopic (exact) mass is 192 g/mol. The Bertz CT molecular complexity index is 331. The number of halogens is 3. The minimum absolute atomic E-state index is 0.154. The summed E-state index contributed by atoms with van der Waals surface area (Å²) in [6.07, 6.45) is -4.32. The first kappa shape index (κ1) is 9.76. The normalized spacial score (nSPS) is 11.6. The molecule has 3 nitrogen and oxygen atoms in total. The van der Waals surface area contributed by atoms with E-state index in [0.717, 1.165) is 12.4 Å². The van der Waals surface area contributed by atoms with Gasteiger partial charge in [0.05, 0.1) is 6.33 Å². The van der Waals surface area contributed by atoms with Crippen LogP contribution in [0.2, 0.25) is 0 Å². The molecule has 1 aromatic rings. The van der Waals surface area contributed by atoms with Crippen molar-refractivity contribution >= 4 is 0 Å². The van der Waals surface area contributed by atoms with Gasteiger partial charge in [0.25, 0.3) is 5.56 Å². The minimum Gasteiger partial charge on any atom is -0.313 e. The average molecular weight is 192 g/mol. The van der Waals surface area contributed by atoms with Crippen LogP contribution in [-0.2, 0) is 6.42 Å². The summed E-state index contributed by atoms with van der Waals surface area (Å²) in [4.78, 5) is 16.4. The van der Waals surface area contributed by atoms with E-state index in [-0.39, 0.29) is 12.1 Å². The number of hydrogen-bond donors (Lipinski definition) is 1. The topological polar surface area (TPSA) is 45.8 Å². The molecule has 0 amide bonds. The Morgan fingerprint density at radius 3 is 2.69 bits per heavy atom. The van der Waals surface area contributed by atoms with Gasteiger partial charge >= 0.3 is 6.18 Å². The molecule has 0 aliphatic rings. The second-order valence-electron chi connectivity index (χ2n) is 2.52. The van der Waals surface area contributed by atoms with Gasteiger partial charge in [0.15, 0.2) is 0 Å². The highest BCUT2D eigenvalue weighted by molar-refractivity contribution is 4.98. The summed E-state index contributed by atoms with van der Waals surface area (Å²) in [5, 5.41) is 0. The molecule has 1 aromatic heterocycles. The number of nitrogens with one attached hydrogen (secondary N) is 1. The van der Waals surface area contributed by atoms with Crippen LogP contribution in [0.1, 0.15) is 12.1 Å². The first-order valence-corrected chi connectivity index (χ1v) is 3.58. The van der Waals surface area contributed by atoms with E-state index in [1.54, 1.807) is 0 Å². The molecular formula is C7H7F3N2O. The van der Waals surface area contributed by atoms with Crippen molar-refractivity contribution in [2.45, 2.75) is 19.0 Å². The average Bonchev–Trinajstić information content (AvgIpc) is 2.00. The molecule has 0 atom stereocenters. The number of H-pyrrole nitrogens is 1. The zero-order valence-corrected chi connectivity index (χ0v) is 6.56. The van der Waals surface area contributed by atoms with Crippen molar-refractivity contribution in [1.29, 1.82) is 0 Å². The van der Waals surface area contributed by atoms with E-state index in [0.29, 0.717) is 0 Å². The van der Waals surface area contributed by atoms with Crippen molar-refractivity contribution in [2.24, 2.45) is 0 Å². The van der Waals surface area contributed by atoms with E-state index in [4.69, 9.17) is 0 Å². The predicted molar refractivity (Wildman–Crippen MR) is 39.2 cm³/mol. The molecule has 0 saturated heterocycles. The molecular weight excluding hydrogens is 185 g/mol. The van der Waals surface area contributed by atoms with Crippen LogP contribution in [0.5, 0.6) is 0 Å². The van der Waals surface area contributed by atoms with E-state index in [9.17, 15) is 18.0 Å². The summed E-state index contributed by atoms with van der Waals surface area (Å²) in [5.41, 5.74) is -0.284. The highest BCUT2D eigenvalue weighted by Gasteiger charge is 2.26. The number of rotatable bonds is 2. The Labute approximate surface area is 71.6 Å². The Morgan fingerprint density at radius 2 is 2.15 bits per heavy atom. The molecule has 0 radical (unpaired) electrons. The lowest BCUT2D eigenvalue weighted by Gasteiger charge is -2.04. The molecule has 1 heterocycles. The van der Waals surface area contributed by atoms with Crippen molar-refractivity contribution in [3.8, 4) is 0 Å². The summed E-state index contributed by atoms with van der Waals surface area (Å²) < 4.78 is 35.2.